The number of hydrogen-bond donors (Lipinski definition) is 3. The van der Waals surface area contributed by atoms with Crippen molar-refractivity contribution in [3.8, 4) is 0 Å². The van der Waals surface area contributed by atoms with Gasteiger partial charge in [-0.05, 0) is 63.3 Å². The minimum atomic E-state index is -0.724. The van der Waals surface area contributed by atoms with Crippen molar-refractivity contribution in [2.24, 2.45) is 11.8 Å². The molecule has 0 bridgehead atoms. The zero-order chi connectivity index (χ0) is 22.6. The topological polar surface area (TPSA) is 81.7 Å². The summed E-state index contributed by atoms with van der Waals surface area (Å²) < 4.78 is 0. The number of amides is 2. The molecule has 2 heterocycles. The highest BCUT2D eigenvalue weighted by Gasteiger charge is 2.41. The summed E-state index contributed by atoms with van der Waals surface area (Å²) >= 11 is 1.48. The summed E-state index contributed by atoms with van der Waals surface area (Å²) in [5.41, 5.74) is 0.340. The van der Waals surface area contributed by atoms with Crippen molar-refractivity contribution in [1.29, 1.82) is 0 Å². The number of nitrogens with zero attached hydrogens (tertiary/aromatic N) is 1. The molecule has 6 nitrogen and oxygen atoms in total. The van der Waals surface area contributed by atoms with Crippen LogP contribution in [0, 0.1) is 11.8 Å². The van der Waals surface area contributed by atoms with Gasteiger partial charge in [0.05, 0.1) is 18.2 Å². The van der Waals surface area contributed by atoms with Crippen molar-refractivity contribution in [2.75, 3.05) is 13.1 Å². The average molecular weight is 450 g/mol. The molecule has 2 aliphatic rings. The number of aliphatic hydroxyl groups excluding tert-OH is 1. The van der Waals surface area contributed by atoms with Gasteiger partial charge >= 0.3 is 0 Å². The van der Waals surface area contributed by atoms with E-state index in [1.807, 2.05) is 38.5 Å². The van der Waals surface area contributed by atoms with E-state index in [4.69, 9.17) is 0 Å². The van der Waals surface area contributed by atoms with Gasteiger partial charge in [0.2, 0.25) is 5.91 Å². The van der Waals surface area contributed by atoms with E-state index in [1.165, 1.54) is 37.0 Å². The Morgan fingerprint density at radius 1 is 1.26 bits per heavy atom. The summed E-state index contributed by atoms with van der Waals surface area (Å²) in [5, 5.41) is 20.9. The lowest BCUT2D eigenvalue weighted by Crippen LogP contribution is -2.60. The molecular formula is C24H39N3O3S. The molecule has 3 rings (SSSR count). The fourth-order valence-electron chi connectivity index (χ4n) is 5.11. The molecule has 1 aliphatic heterocycles. The van der Waals surface area contributed by atoms with Gasteiger partial charge in [-0.15, -0.1) is 0 Å². The number of fused-ring (bicyclic) bond motifs is 1. The van der Waals surface area contributed by atoms with Crippen LogP contribution in [0.2, 0.25) is 0 Å². The number of hydrogen-bond acceptors (Lipinski definition) is 5. The number of β-amino-alcohol motifs (C(OH)–C–C–N with tert-alkyl or cyclic N) is 1. The third-order valence-corrected chi connectivity index (χ3v) is 7.41. The monoisotopic (exact) mass is 449 g/mol. The highest BCUT2D eigenvalue weighted by molar-refractivity contribution is 7.08. The zero-order valence-corrected chi connectivity index (χ0v) is 20.2. The predicted molar refractivity (Wildman–Crippen MR) is 125 cm³/mol. The maximum absolute atomic E-state index is 13.1. The van der Waals surface area contributed by atoms with Crippen molar-refractivity contribution in [1.82, 2.24) is 15.5 Å². The summed E-state index contributed by atoms with van der Waals surface area (Å²) in [4.78, 5) is 27.8. The van der Waals surface area contributed by atoms with E-state index in [1.54, 1.807) is 6.07 Å². The van der Waals surface area contributed by atoms with Crippen molar-refractivity contribution in [3.05, 3.63) is 22.4 Å². The van der Waals surface area contributed by atoms with Crippen LogP contribution < -0.4 is 10.6 Å². The lowest BCUT2D eigenvalue weighted by molar-refractivity contribution is -0.132. The van der Waals surface area contributed by atoms with Gasteiger partial charge in [0.15, 0.2) is 0 Å². The first-order chi connectivity index (χ1) is 14.7. The Balaban J connectivity index is 1.69. The van der Waals surface area contributed by atoms with Crippen molar-refractivity contribution in [3.63, 3.8) is 0 Å². The fourth-order valence-corrected chi connectivity index (χ4v) is 5.75. The molecule has 1 saturated heterocycles. The van der Waals surface area contributed by atoms with Crippen molar-refractivity contribution in [2.45, 2.75) is 89.9 Å². The highest BCUT2D eigenvalue weighted by atomic mass is 32.1. The van der Waals surface area contributed by atoms with E-state index in [2.05, 4.69) is 15.5 Å². The lowest BCUT2D eigenvalue weighted by atomic mass is 9.72. The molecule has 1 saturated carbocycles. The van der Waals surface area contributed by atoms with Crippen LogP contribution in [0.4, 0.5) is 0 Å². The van der Waals surface area contributed by atoms with E-state index in [-0.39, 0.29) is 29.4 Å². The van der Waals surface area contributed by atoms with Crippen LogP contribution in [0.25, 0.3) is 0 Å². The first-order valence-electron chi connectivity index (χ1n) is 11.7. The average Bonchev–Trinajstić information content (AvgIpc) is 3.25. The quantitative estimate of drug-likeness (QED) is 0.596. The van der Waals surface area contributed by atoms with Crippen LogP contribution in [0.5, 0.6) is 0 Å². The molecule has 174 valence electrons. The molecule has 5 atom stereocenters. The summed E-state index contributed by atoms with van der Waals surface area (Å²) in [5.74, 6) is 1.09. The number of thiophene rings is 1. The predicted octanol–water partition coefficient (Wildman–Crippen LogP) is 3.41. The van der Waals surface area contributed by atoms with E-state index in [0.29, 0.717) is 30.4 Å². The Kier molecular flexibility index (Phi) is 8.16. The van der Waals surface area contributed by atoms with Crippen LogP contribution in [0.3, 0.4) is 0 Å². The van der Waals surface area contributed by atoms with Gasteiger partial charge in [0, 0.05) is 29.6 Å². The summed E-state index contributed by atoms with van der Waals surface area (Å²) in [7, 11) is 0. The molecule has 7 heteroatoms. The molecule has 1 aromatic rings. The van der Waals surface area contributed by atoms with Gasteiger partial charge in [-0.1, -0.05) is 26.2 Å². The molecule has 2 amide bonds. The Labute approximate surface area is 190 Å². The Hall–Kier alpha value is -1.44. The number of nitrogens with one attached hydrogen (secondary N) is 2. The van der Waals surface area contributed by atoms with Gasteiger partial charge in [-0.3, -0.25) is 14.5 Å². The maximum atomic E-state index is 13.1. The number of likely N-dealkylation sites (tertiary alicyclic amines) is 1. The molecule has 5 unspecified atom stereocenters. The largest absolute Gasteiger partial charge is 0.390 e. The molecule has 2 fully saturated rings. The molecule has 1 aliphatic carbocycles. The summed E-state index contributed by atoms with van der Waals surface area (Å²) in [6.07, 6.45) is 5.69. The molecule has 0 radical (unpaired) electrons. The van der Waals surface area contributed by atoms with Crippen molar-refractivity contribution < 1.29 is 14.7 Å². The number of rotatable bonds is 7. The molecule has 0 aromatic carbocycles. The Morgan fingerprint density at radius 2 is 1.97 bits per heavy atom. The van der Waals surface area contributed by atoms with Gasteiger partial charge in [-0.2, -0.15) is 11.3 Å². The van der Waals surface area contributed by atoms with Gasteiger partial charge in [-0.25, -0.2) is 0 Å². The molecule has 0 spiro atoms. The van der Waals surface area contributed by atoms with Gasteiger partial charge in [0.25, 0.3) is 5.91 Å². The zero-order valence-electron chi connectivity index (χ0n) is 19.4. The van der Waals surface area contributed by atoms with Crippen LogP contribution >= 0.6 is 11.3 Å². The Morgan fingerprint density at radius 3 is 2.58 bits per heavy atom. The standard InChI is InChI=1S/C24H39N3O3S/c1-5-19(25-22(29)18-10-11-31-15-18)21(28)14-27-13-17-9-7-6-8-16(17)12-20(27)23(30)26-24(2,3)4/h10-11,15-17,19-21,28H,5-9,12-14H2,1-4H3,(H,25,29)(H,26,30). The second-order valence-electron chi connectivity index (χ2n) is 10.3. The summed E-state index contributed by atoms with van der Waals surface area (Å²) in [6, 6.07) is 1.22. The molecule has 3 N–H and O–H groups in total. The van der Waals surface area contributed by atoms with E-state index < -0.39 is 6.10 Å². The second kappa shape index (κ2) is 10.5. The molecule has 1 aromatic heterocycles. The van der Waals surface area contributed by atoms with Gasteiger partial charge < -0.3 is 15.7 Å². The Bertz CT molecular complexity index is 731. The minimum Gasteiger partial charge on any atom is -0.390 e. The number of piperidine rings is 1. The third kappa shape index (κ3) is 6.53. The van der Waals surface area contributed by atoms with E-state index in [9.17, 15) is 14.7 Å². The van der Waals surface area contributed by atoms with Crippen LogP contribution in [0.15, 0.2) is 16.8 Å². The maximum Gasteiger partial charge on any atom is 0.252 e. The normalized spacial score (nSPS) is 26.5. The van der Waals surface area contributed by atoms with Crippen molar-refractivity contribution >= 4 is 23.2 Å². The first-order valence-corrected chi connectivity index (χ1v) is 12.7. The summed E-state index contributed by atoms with van der Waals surface area (Å²) in [6.45, 7) is 9.22. The van der Waals surface area contributed by atoms with Crippen LogP contribution in [0.1, 0.15) is 76.6 Å². The number of aliphatic hydroxyl groups is 1. The molecular weight excluding hydrogens is 410 g/mol. The SMILES string of the molecule is CCC(NC(=O)c1ccsc1)C(O)CN1CC2CCCCC2CC1C(=O)NC(C)(C)C. The van der Waals surface area contributed by atoms with Gasteiger partial charge in [0.1, 0.15) is 0 Å². The van der Waals surface area contributed by atoms with Crippen LogP contribution in [-0.2, 0) is 4.79 Å². The number of carbonyl (C=O) groups is 2. The van der Waals surface area contributed by atoms with E-state index in [0.717, 1.165) is 13.0 Å². The minimum absolute atomic E-state index is 0.0547. The van der Waals surface area contributed by atoms with Crippen LogP contribution in [-0.4, -0.2) is 58.6 Å². The number of carbonyl (C=O) groups excluding carboxylic acids is 2. The second-order valence-corrected chi connectivity index (χ2v) is 11.1. The lowest BCUT2D eigenvalue weighted by Gasteiger charge is -2.47. The fraction of sp³-hybridized carbons (Fsp3) is 0.750. The first kappa shape index (κ1) is 24.2. The molecule has 31 heavy (non-hydrogen) atoms. The highest BCUT2D eigenvalue weighted by Crippen LogP contribution is 2.38. The van der Waals surface area contributed by atoms with E-state index >= 15 is 0 Å². The third-order valence-electron chi connectivity index (χ3n) is 6.73. The smallest absolute Gasteiger partial charge is 0.252 e.